The van der Waals surface area contributed by atoms with Crippen LogP contribution >= 0.6 is 11.3 Å². The molecule has 1 aromatic heterocycles. The number of esters is 1. The van der Waals surface area contributed by atoms with Crippen LogP contribution in [0.15, 0.2) is 65.0 Å². The molecule has 2 heterocycles. The molecule has 0 saturated carbocycles. The Labute approximate surface area is 214 Å². The molecule has 1 atom stereocenters. The number of aromatic nitrogens is 1. The number of thiazole rings is 1. The molecule has 1 saturated heterocycles. The third kappa shape index (κ3) is 5.07. The summed E-state index contributed by atoms with van der Waals surface area (Å²) in [6, 6.07) is 11.1. The monoisotopic (exact) mass is 527 g/mol. The number of carbonyl (C=O) groups is 2. The van der Waals surface area contributed by atoms with Gasteiger partial charge >= 0.3 is 5.97 Å². The summed E-state index contributed by atoms with van der Waals surface area (Å²) in [5, 5.41) is 0. The molecule has 1 amide bonds. The molecule has 8 nitrogen and oxygen atoms in total. The molecule has 190 valence electrons. The third-order valence-corrected chi connectivity index (χ3v) is 9.37. The molecule has 0 N–H and O–H groups in total. The van der Waals surface area contributed by atoms with Crippen molar-refractivity contribution in [3.8, 4) is 0 Å². The number of benzene rings is 2. The summed E-state index contributed by atoms with van der Waals surface area (Å²) in [5.74, 6) is -0.930. The van der Waals surface area contributed by atoms with Crippen molar-refractivity contribution in [2.24, 2.45) is 4.99 Å². The highest BCUT2D eigenvalue weighted by atomic mass is 32.2. The fraction of sp³-hybridized carbons (Fsp3) is 0.346. The molecule has 0 radical (unpaired) electrons. The minimum absolute atomic E-state index is 0.00743. The van der Waals surface area contributed by atoms with E-state index in [-0.39, 0.29) is 16.5 Å². The molecular formula is C26H29N3O5S2. The summed E-state index contributed by atoms with van der Waals surface area (Å²) in [6.45, 7) is 6.73. The quantitative estimate of drug-likeness (QED) is 0.336. The average molecular weight is 528 g/mol. The van der Waals surface area contributed by atoms with Crippen molar-refractivity contribution in [1.82, 2.24) is 8.87 Å². The Morgan fingerprint density at radius 3 is 2.56 bits per heavy atom. The van der Waals surface area contributed by atoms with Crippen LogP contribution in [0.25, 0.3) is 10.2 Å². The van der Waals surface area contributed by atoms with E-state index in [2.05, 4.69) is 11.6 Å². The van der Waals surface area contributed by atoms with E-state index in [1.165, 1.54) is 42.7 Å². The van der Waals surface area contributed by atoms with Gasteiger partial charge in [-0.3, -0.25) is 4.79 Å². The van der Waals surface area contributed by atoms with Crippen LogP contribution in [0.5, 0.6) is 0 Å². The summed E-state index contributed by atoms with van der Waals surface area (Å²) < 4.78 is 35.4. The maximum Gasteiger partial charge on any atom is 0.337 e. The fourth-order valence-electron chi connectivity index (χ4n) is 4.46. The molecule has 0 spiro atoms. The van der Waals surface area contributed by atoms with Crippen molar-refractivity contribution in [3.63, 3.8) is 0 Å². The van der Waals surface area contributed by atoms with Crippen molar-refractivity contribution >= 4 is 43.5 Å². The summed E-state index contributed by atoms with van der Waals surface area (Å²) in [7, 11) is -2.31. The number of sulfonamides is 1. The van der Waals surface area contributed by atoms with Crippen LogP contribution in [0.1, 0.15) is 53.3 Å². The van der Waals surface area contributed by atoms with E-state index < -0.39 is 21.9 Å². The number of hydrogen-bond acceptors (Lipinski definition) is 6. The van der Waals surface area contributed by atoms with Crippen LogP contribution < -0.4 is 4.80 Å². The molecular weight excluding hydrogens is 498 g/mol. The van der Waals surface area contributed by atoms with Gasteiger partial charge in [0.2, 0.25) is 10.0 Å². The van der Waals surface area contributed by atoms with Crippen molar-refractivity contribution in [2.45, 2.75) is 50.1 Å². The fourth-order valence-corrected chi connectivity index (χ4v) is 7.31. The van der Waals surface area contributed by atoms with Crippen molar-refractivity contribution in [3.05, 3.63) is 71.0 Å². The van der Waals surface area contributed by atoms with Gasteiger partial charge in [0.25, 0.3) is 5.91 Å². The Bertz CT molecular complexity index is 1470. The van der Waals surface area contributed by atoms with Gasteiger partial charge in [-0.25, -0.2) is 13.2 Å². The number of piperidine rings is 1. The summed E-state index contributed by atoms with van der Waals surface area (Å²) >= 11 is 1.28. The highest BCUT2D eigenvalue weighted by molar-refractivity contribution is 7.89. The van der Waals surface area contributed by atoms with E-state index >= 15 is 0 Å². The Hall–Kier alpha value is -3.08. The minimum Gasteiger partial charge on any atom is -0.465 e. The predicted octanol–water partition coefficient (Wildman–Crippen LogP) is 4.37. The van der Waals surface area contributed by atoms with Crippen molar-refractivity contribution in [2.75, 3.05) is 13.7 Å². The maximum absolute atomic E-state index is 13.2. The van der Waals surface area contributed by atoms with Gasteiger partial charge in [-0.15, -0.1) is 6.58 Å². The molecule has 2 aromatic carbocycles. The largest absolute Gasteiger partial charge is 0.465 e. The molecule has 36 heavy (non-hydrogen) atoms. The standard InChI is InChI=1S/C26H29N3O5S2/c1-4-15-28-22-14-11-19(25(31)34-3)17-23(22)35-26(28)27-24(30)18-9-12-21(13-10-18)36(32,33)29-16-7-6-8-20(29)5-2/h4,9-14,17,20H,1,5-8,15-16H2,2-3H3. The third-order valence-electron chi connectivity index (χ3n) is 6.36. The van der Waals surface area contributed by atoms with Gasteiger partial charge in [0, 0.05) is 24.7 Å². The normalized spacial score (nSPS) is 17.3. The van der Waals surface area contributed by atoms with E-state index in [4.69, 9.17) is 4.74 Å². The van der Waals surface area contributed by atoms with Crippen LogP contribution in [0, 0.1) is 0 Å². The number of amides is 1. The van der Waals surface area contributed by atoms with Gasteiger partial charge in [0.15, 0.2) is 4.80 Å². The number of ether oxygens (including phenoxy) is 1. The molecule has 0 aliphatic carbocycles. The first-order valence-corrected chi connectivity index (χ1v) is 14.1. The first kappa shape index (κ1) is 26.0. The number of allylic oxidation sites excluding steroid dienone is 1. The van der Waals surface area contributed by atoms with Crippen molar-refractivity contribution in [1.29, 1.82) is 0 Å². The van der Waals surface area contributed by atoms with E-state index in [0.717, 1.165) is 35.9 Å². The molecule has 1 aliphatic heterocycles. The zero-order chi connectivity index (χ0) is 25.9. The number of rotatable bonds is 7. The van der Waals surface area contributed by atoms with Crippen LogP contribution in [-0.4, -0.2) is 48.9 Å². The maximum atomic E-state index is 13.2. The van der Waals surface area contributed by atoms with E-state index in [9.17, 15) is 18.0 Å². The Kier molecular flexibility index (Phi) is 7.87. The lowest BCUT2D eigenvalue weighted by molar-refractivity contribution is 0.0600. The molecule has 4 rings (SSSR count). The van der Waals surface area contributed by atoms with Gasteiger partial charge < -0.3 is 9.30 Å². The van der Waals surface area contributed by atoms with Gasteiger partial charge in [0.05, 0.1) is 27.8 Å². The van der Waals surface area contributed by atoms with Crippen LogP contribution in [0.2, 0.25) is 0 Å². The smallest absolute Gasteiger partial charge is 0.337 e. The lowest BCUT2D eigenvalue weighted by atomic mass is 10.0. The average Bonchev–Trinajstić information content (AvgIpc) is 3.24. The highest BCUT2D eigenvalue weighted by Gasteiger charge is 2.32. The summed E-state index contributed by atoms with van der Waals surface area (Å²) in [6.07, 6.45) is 5.23. The minimum atomic E-state index is -3.63. The van der Waals surface area contributed by atoms with Crippen LogP contribution in [-0.2, 0) is 21.3 Å². The zero-order valence-corrected chi connectivity index (χ0v) is 22.0. The number of carbonyl (C=O) groups excluding carboxylic acids is 2. The van der Waals surface area contributed by atoms with E-state index in [1.54, 1.807) is 28.6 Å². The molecule has 10 heteroatoms. The topological polar surface area (TPSA) is 98.0 Å². The first-order valence-electron chi connectivity index (χ1n) is 11.8. The second-order valence-electron chi connectivity index (χ2n) is 8.57. The van der Waals surface area contributed by atoms with Gasteiger partial charge in [-0.05, 0) is 61.7 Å². The summed E-state index contributed by atoms with van der Waals surface area (Å²) in [4.78, 5) is 29.8. The van der Waals surface area contributed by atoms with Gasteiger partial charge in [0.1, 0.15) is 0 Å². The SMILES string of the molecule is C=CCn1c(=NC(=O)c2ccc(S(=O)(=O)N3CCCCC3CC)cc2)sc2cc(C(=O)OC)ccc21. The lowest BCUT2D eigenvalue weighted by Crippen LogP contribution is -2.43. The summed E-state index contributed by atoms with van der Waals surface area (Å²) in [5.41, 5.74) is 1.51. The second kappa shape index (κ2) is 10.9. The molecule has 1 fully saturated rings. The molecule has 3 aromatic rings. The van der Waals surface area contributed by atoms with Crippen LogP contribution in [0.4, 0.5) is 0 Å². The number of hydrogen-bond donors (Lipinski definition) is 0. The van der Waals surface area contributed by atoms with Crippen LogP contribution in [0.3, 0.4) is 0 Å². The predicted molar refractivity (Wildman–Crippen MR) is 140 cm³/mol. The lowest BCUT2D eigenvalue weighted by Gasteiger charge is -2.34. The number of methoxy groups -OCH3 is 1. The Morgan fingerprint density at radius 2 is 1.89 bits per heavy atom. The van der Waals surface area contributed by atoms with Gasteiger partial charge in [-0.1, -0.05) is 30.8 Å². The van der Waals surface area contributed by atoms with Crippen molar-refractivity contribution < 1.29 is 22.7 Å². The van der Waals surface area contributed by atoms with E-state index in [1.807, 2.05) is 11.5 Å². The van der Waals surface area contributed by atoms with E-state index in [0.29, 0.717) is 23.5 Å². The zero-order valence-electron chi connectivity index (χ0n) is 20.3. The highest BCUT2D eigenvalue weighted by Crippen LogP contribution is 2.27. The van der Waals surface area contributed by atoms with Gasteiger partial charge in [-0.2, -0.15) is 9.30 Å². The number of nitrogens with zero attached hydrogens (tertiary/aromatic N) is 3. The Morgan fingerprint density at radius 1 is 1.17 bits per heavy atom. The number of fused-ring (bicyclic) bond motifs is 1. The second-order valence-corrected chi connectivity index (χ2v) is 11.5. The molecule has 0 bridgehead atoms. The first-order chi connectivity index (χ1) is 17.3. The molecule has 1 unspecified atom stereocenters. The Balaban J connectivity index is 1.66. The molecule has 1 aliphatic rings.